The van der Waals surface area contributed by atoms with E-state index in [0.717, 1.165) is 24.2 Å². The number of hydrogen-bond acceptors (Lipinski definition) is 2. The summed E-state index contributed by atoms with van der Waals surface area (Å²) in [6.07, 6.45) is 3.74. The summed E-state index contributed by atoms with van der Waals surface area (Å²) in [5.74, 6) is 0. The van der Waals surface area contributed by atoms with E-state index >= 15 is 0 Å². The minimum Gasteiger partial charge on any atom is -0.396 e. The number of nitrogens with two attached hydrogens (primary N) is 1. The number of nitrogen functional groups attached to an aromatic ring is 1. The van der Waals surface area contributed by atoms with Gasteiger partial charge in [0.2, 0.25) is 0 Å². The Hall–Kier alpha value is -1.77. The van der Waals surface area contributed by atoms with Gasteiger partial charge in [-0.2, -0.15) is 5.10 Å². The summed E-state index contributed by atoms with van der Waals surface area (Å²) in [5.41, 5.74) is 8.92. The Morgan fingerprint density at radius 2 is 1.93 bits per heavy atom. The molecule has 1 aromatic carbocycles. The minimum atomic E-state index is 0.786. The fourth-order valence-corrected chi connectivity index (χ4v) is 1.65. The van der Waals surface area contributed by atoms with Crippen LogP contribution in [0.15, 0.2) is 36.5 Å². The topological polar surface area (TPSA) is 43.8 Å². The molecule has 1 heterocycles. The van der Waals surface area contributed by atoms with Crippen LogP contribution in [0.2, 0.25) is 0 Å². The molecule has 0 aliphatic rings. The molecule has 2 N–H and O–H groups in total. The van der Waals surface area contributed by atoms with Gasteiger partial charge in [-0.25, -0.2) is 0 Å². The summed E-state index contributed by atoms with van der Waals surface area (Å²) >= 11 is 0. The Kier molecular flexibility index (Phi) is 2.72. The van der Waals surface area contributed by atoms with Gasteiger partial charge in [0.1, 0.15) is 0 Å². The lowest BCUT2D eigenvalue weighted by atomic mass is 10.1. The number of rotatable bonds is 3. The molecule has 0 aliphatic carbocycles. The molecule has 0 saturated heterocycles. The van der Waals surface area contributed by atoms with Crippen LogP contribution in [0, 0.1) is 0 Å². The number of aromatic nitrogens is 2. The molecule has 2 rings (SSSR count). The molecule has 0 fully saturated rings. The Bertz CT molecular complexity index is 431. The third kappa shape index (κ3) is 2.37. The van der Waals surface area contributed by atoms with Gasteiger partial charge in [0.15, 0.2) is 0 Å². The summed E-state index contributed by atoms with van der Waals surface area (Å²) in [6.45, 7) is 0. The van der Waals surface area contributed by atoms with Crippen molar-refractivity contribution in [2.45, 2.75) is 12.8 Å². The van der Waals surface area contributed by atoms with Gasteiger partial charge in [-0.1, -0.05) is 30.3 Å². The second-order valence-electron chi connectivity index (χ2n) is 3.69. The van der Waals surface area contributed by atoms with Crippen LogP contribution in [0.5, 0.6) is 0 Å². The highest BCUT2D eigenvalue weighted by atomic mass is 15.3. The van der Waals surface area contributed by atoms with Gasteiger partial charge in [0.05, 0.1) is 11.4 Å². The average molecular weight is 201 g/mol. The quantitative estimate of drug-likeness (QED) is 0.822. The standard InChI is InChI=1S/C12H15N3/c1-15-9-11(13)12(14-15)8-7-10-5-3-2-4-6-10/h2-6,9H,7-8,13H2,1H3. The first-order valence-corrected chi connectivity index (χ1v) is 5.07. The average Bonchev–Trinajstić information content (AvgIpc) is 2.56. The maximum atomic E-state index is 5.82. The van der Waals surface area contributed by atoms with Crippen LogP contribution in [0.4, 0.5) is 5.69 Å². The summed E-state index contributed by atoms with van der Waals surface area (Å²) < 4.78 is 1.76. The molecular formula is C12H15N3. The summed E-state index contributed by atoms with van der Waals surface area (Å²) in [7, 11) is 1.89. The zero-order valence-electron chi connectivity index (χ0n) is 8.85. The van der Waals surface area contributed by atoms with E-state index in [1.807, 2.05) is 19.3 Å². The second kappa shape index (κ2) is 4.17. The van der Waals surface area contributed by atoms with Gasteiger partial charge < -0.3 is 5.73 Å². The van der Waals surface area contributed by atoms with Gasteiger partial charge in [0.25, 0.3) is 0 Å². The van der Waals surface area contributed by atoms with Crippen molar-refractivity contribution in [3.05, 3.63) is 47.8 Å². The molecule has 0 saturated carbocycles. The number of benzene rings is 1. The lowest BCUT2D eigenvalue weighted by Gasteiger charge is -1.99. The van der Waals surface area contributed by atoms with Crippen LogP contribution in [-0.4, -0.2) is 9.78 Å². The van der Waals surface area contributed by atoms with Crippen LogP contribution in [-0.2, 0) is 19.9 Å². The molecule has 0 unspecified atom stereocenters. The molecule has 1 aromatic heterocycles. The summed E-state index contributed by atoms with van der Waals surface area (Å²) in [6, 6.07) is 10.4. The van der Waals surface area contributed by atoms with Gasteiger partial charge in [-0.15, -0.1) is 0 Å². The monoisotopic (exact) mass is 201 g/mol. The Morgan fingerprint density at radius 3 is 2.53 bits per heavy atom. The van der Waals surface area contributed by atoms with E-state index in [-0.39, 0.29) is 0 Å². The normalized spacial score (nSPS) is 10.5. The van der Waals surface area contributed by atoms with Crippen molar-refractivity contribution in [1.82, 2.24) is 9.78 Å². The smallest absolute Gasteiger partial charge is 0.0857 e. The van der Waals surface area contributed by atoms with Gasteiger partial charge in [0, 0.05) is 13.2 Å². The van der Waals surface area contributed by atoms with E-state index in [9.17, 15) is 0 Å². The molecule has 3 heteroatoms. The van der Waals surface area contributed by atoms with E-state index < -0.39 is 0 Å². The predicted octanol–water partition coefficient (Wildman–Crippen LogP) is 1.79. The fraction of sp³-hybridized carbons (Fsp3) is 0.250. The Labute approximate surface area is 89.5 Å². The highest BCUT2D eigenvalue weighted by molar-refractivity contribution is 5.40. The lowest BCUT2D eigenvalue weighted by Crippen LogP contribution is -1.96. The van der Waals surface area contributed by atoms with Gasteiger partial charge >= 0.3 is 0 Å². The first-order valence-electron chi connectivity index (χ1n) is 5.07. The molecule has 0 bridgehead atoms. The van der Waals surface area contributed by atoms with Crippen LogP contribution in [0.1, 0.15) is 11.3 Å². The summed E-state index contributed by atoms with van der Waals surface area (Å²) in [5, 5.41) is 4.32. The largest absolute Gasteiger partial charge is 0.396 e. The van der Waals surface area contributed by atoms with Crippen molar-refractivity contribution in [3.63, 3.8) is 0 Å². The molecular weight excluding hydrogens is 186 g/mol. The SMILES string of the molecule is Cn1cc(N)c(CCc2ccccc2)n1. The van der Waals surface area contributed by atoms with E-state index in [1.54, 1.807) is 4.68 Å². The van der Waals surface area contributed by atoms with Crippen LogP contribution in [0.3, 0.4) is 0 Å². The number of anilines is 1. The van der Waals surface area contributed by atoms with Crippen molar-refractivity contribution < 1.29 is 0 Å². The van der Waals surface area contributed by atoms with E-state index in [0.29, 0.717) is 0 Å². The third-order valence-electron chi connectivity index (χ3n) is 2.43. The van der Waals surface area contributed by atoms with Crippen molar-refractivity contribution in [2.75, 3.05) is 5.73 Å². The van der Waals surface area contributed by atoms with Crippen molar-refractivity contribution in [3.8, 4) is 0 Å². The molecule has 0 radical (unpaired) electrons. The number of hydrogen-bond donors (Lipinski definition) is 1. The van der Waals surface area contributed by atoms with Crippen LogP contribution >= 0.6 is 0 Å². The van der Waals surface area contributed by atoms with Crippen LogP contribution < -0.4 is 5.73 Å². The maximum absolute atomic E-state index is 5.82. The highest BCUT2D eigenvalue weighted by Gasteiger charge is 2.03. The Morgan fingerprint density at radius 1 is 1.20 bits per heavy atom. The summed E-state index contributed by atoms with van der Waals surface area (Å²) in [4.78, 5) is 0. The molecule has 0 atom stereocenters. The second-order valence-corrected chi connectivity index (χ2v) is 3.69. The highest BCUT2D eigenvalue weighted by Crippen LogP contribution is 2.11. The molecule has 15 heavy (non-hydrogen) atoms. The number of aryl methyl sites for hydroxylation is 3. The van der Waals surface area contributed by atoms with Crippen molar-refractivity contribution in [2.24, 2.45) is 7.05 Å². The predicted molar refractivity (Wildman–Crippen MR) is 61.5 cm³/mol. The van der Waals surface area contributed by atoms with Crippen molar-refractivity contribution in [1.29, 1.82) is 0 Å². The molecule has 0 aliphatic heterocycles. The van der Waals surface area contributed by atoms with E-state index in [4.69, 9.17) is 5.73 Å². The van der Waals surface area contributed by atoms with E-state index in [2.05, 4.69) is 29.4 Å². The fourth-order valence-electron chi connectivity index (χ4n) is 1.65. The van der Waals surface area contributed by atoms with E-state index in [1.165, 1.54) is 5.56 Å². The maximum Gasteiger partial charge on any atom is 0.0857 e. The number of nitrogens with zero attached hydrogens (tertiary/aromatic N) is 2. The van der Waals surface area contributed by atoms with Gasteiger partial charge in [-0.3, -0.25) is 4.68 Å². The molecule has 2 aromatic rings. The molecule has 0 spiro atoms. The first kappa shape index (κ1) is 9.77. The molecule has 78 valence electrons. The lowest BCUT2D eigenvalue weighted by molar-refractivity contribution is 0.737. The van der Waals surface area contributed by atoms with Crippen molar-refractivity contribution >= 4 is 5.69 Å². The molecule has 0 amide bonds. The minimum absolute atomic E-state index is 0.786. The molecule has 3 nitrogen and oxygen atoms in total. The van der Waals surface area contributed by atoms with Gasteiger partial charge in [-0.05, 0) is 18.4 Å². The first-order chi connectivity index (χ1) is 7.25. The van der Waals surface area contributed by atoms with Crippen LogP contribution in [0.25, 0.3) is 0 Å². The zero-order chi connectivity index (χ0) is 10.7. The Balaban J connectivity index is 2.02. The third-order valence-corrected chi connectivity index (χ3v) is 2.43. The zero-order valence-corrected chi connectivity index (χ0v) is 8.85.